The zero-order valence-electron chi connectivity index (χ0n) is 14.4. The lowest BCUT2D eigenvalue weighted by Crippen LogP contribution is -2.34. The number of thiazole rings is 1. The van der Waals surface area contributed by atoms with Crippen molar-refractivity contribution in [1.29, 1.82) is 0 Å². The maximum atomic E-state index is 12.7. The lowest BCUT2D eigenvalue weighted by atomic mass is 9.86. The molecule has 25 heavy (non-hydrogen) atoms. The predicted octanol–water partition coefficient (Wildman–Crippen LogP) is 2.62. The second kappa shape index (κ2) is 5.98. The molecule has 2 saturated heterocycles. The quantitative estimate of drug-likeness (QED) is 0.845. The topological polar surface area (TPSA) is 66.7 Å². The highest BCUT2D eigenvalue weighted by Crippen LogP contribution is 2.41. The second-order valence-corrected chi connectivity index (χ2v) is 8.21. The standard InChI is InChI=1S/C18H21N3O3S/c1-12-15(3-6-24-12)17(23)20-5-4-18(10-20)7-16(22)21(11-18)8-14-9-25-13(2)19-14/h3,6,9H,4-5,7-8,10-11H2,1-2H3. The van der Waals surface area contributed by atoms with Crippen LogP contribution in [0.3, 0.4) is 0 Å². The van der Waals surface area contributed by atoms with E-state index in [0.717, 1.165) is 17.1 Å². The van der Waals surface area contributed by atoms with Gasteiger partial charge in [0.2, 0.25) is 5.91 Å². The van der Waals surface area contributed by atoms with Gasteiger partial charge in [-0.3, -0.25) is 9.59 Å². The molecule has 4 heterocycles. The fraction of sp³-hybridized carbons (Fsp3) is 0.500. The third-order valence-electron chi connectivity index (χ3n) is 5.24. The Morgan fingerprint density at radius 3 is 2.92 bits per heavy atom. The van der Waals surface area contributed by atoms with Gasteiger partial charge in [-0.1, -0.05) is 0 Å². The summed E-state index contributed by atoms with van der Waals surface area (Å²) in [6.07, 6.45) is 2.93. The Hall–Kier alpha value is -2.15. The molecule has 1 spiro atoms. The molecule has 1 unspecified atom stereocenters. The molecule has 0 bridgehead atoms. The summed E-state index contributed by atoms with van der Waals surface area (Å²) >= 11 is 1.61. The minimum atomic E-state index is -0.116. The van der Waals surface area contributed by atoms with E-state index in [2.05, 4.69) is 4.98 Å². The summed E-state index contributed by atoms with van der Waals surface area (Å²) in [5, 5.41) is 3.03. The number of nitrogens with zero attached hydrogens (tertiary/aromatic N) is 3. The van der Waals surface area contributed by atoms with Gasteiger partial charge in [0.05, 0.1) is 29.1 Å². The molecule has 0 saturated carbocycles. The van der Waals surface area contributed by atoms with E-state index in [1.54, 1.807) is 30.6 Å². The van der Waals surface area contributed by atoms with Gasteiger partial charge in [0.1, 0.15) is 5.76 Å². The van der Waals surface area contributed by atoms with E-state index >= 15 is 0 Å². The van der Waals surface area contributed by atoms with Crippen LogP contribution in [0.1, 0.15) is 39.7 Å². The average molecular weight is 359 g/mol. The Morgan fingerprint density at radius 2 is 2.24 bits per heavy atom. The highest BCUT2D eigenvalue weighted by atomic mass is 32.1. The molecule has 132 valence electrons. The molecule has 0 aromatic carbocycles. The molecule has 7 heteroatoms. The summed E-state index contributed by atoms with van der Waals surface area (Å²) in [7, 11) is 0. The number of aromatic nitrogens is 1. The number of aryl methyl sites for hydroxylation is 2. The molecule has 2 aromatic rings. The number of rotatable bonds is 3. The van der Waals surface area contributed by atoms with Gasteiger partial charge in [-0.05, 0) is 26.3 Å². The van der Waals surface area contributed by atoms with Gasteiger partial charge in [-0.15, -0.1) is 11.3 Å². The monoisotopic (exact) mass is 359 g/mol. The van der Waals surface area contributed by atoms with Gasteiger partial charge in [0.25, 0.3) is 5.91 Å². The van der Waals surface area contributed by atoms with E-state index in [-0.39, 0.29) is 17.2 Å². The number of likely N-dealkylation sites (tertiary alicyclic amines) is 2. The second-order valence-electron chi connectivity index (χ2n) is 7.15. The Balaban J connectivity index is 1.44. The largest absolute Gasteiger partial charge is 0.469 e. The van der Waals surface area contributed by atoms with Gasteiger partial charge < -0.3 is 14.2 Å². The number of carbonyl (C=O) groups is 2. The summed E-state index contributed by atoms with van der Waals surface area (Å²) < 4.78 is 5.25. The van der Waals surface area contributed by atoms with Crippen LogP contribution in [-0.2, 0) is 11.3 Å². The lowest BCUT2D eigenvalue weighted by Gasteiger charge is -2.24. The molecular formula is C18H21N3O3S. The average Bonchev–Trinajstić information content (AvgIpc) is 3.31. The number of hydrogen-bond acceptors (Lipinski definition) is 5. The van der Waals surface area contributed by atoms with Crippen molar-refractivity contribution in [3.63, 3.8) is 0 Å². The minimum Gasteiger partial charge on any atom is -0.469 e. The van der Waals surface area contributed by atoms with E-state index in [9.17, 15) is 9.59 Å². The number of carbonyl (C=O) groups excluding carboxylic acids is 2. The Labute approximate surface area is 150 Å². The molecule has 0 aliphatic carbocycles. The number of furan rings is 1. The van der Waals surface area contributed by atoms with Crippen LogP contribution in [0.2, 0.25) is 0 Å². The Bertz CT molecular complexity index is 827. The van der Waals surface area contributed by atoms with Crippen molar-refractivity contribution in [3.05, 3.63) is 39.7 Å². The van der Waals surface area contributed by atoms with Crippen molar-refractivity contribution in [3.8, 4) is 0 Å². The van der Waals surface area contributed by atoms with Crippen LogP contribution < -0.4 is 0 Å². The summed E-state index contributed by atoms with van der Waals surface area (Å²) in [5.74, 6) is 0.817. The summed E-state index contributed by atoms with van der Waals surface area (Å²) in [6.45, 7) is 6.38. The van der Waals surface area contributed by atoms with Gasteiger partial charge >= 0.3 is 0 Å². The van der Waals surface area contributed by atoms with Crippen molar-refractivity contribution in [2.24, 2.45) is 5.41 Å². The highest BCUT2D eigenvalue weighted by molar-refractivity contribution is 7.09. The van der Waals surface area contributed by atoms with Crippen LogP contribution in [0, 0.1) is 19.3 Å². The van der Waals surface area contributed by atoms with Crippen molar-refractivity contribution in [2.75, 3.05) is 19.6 Å². The number of amides is 2. The van der Waals surface area contributed by atoms with Gasteiger partial charge in [0.15, 0.2) is 0 Å². The van der Waals surface area contributed by atoms with Crippen molar-refractivity contribution < 1.29 is 14.0 Å². The summed E-state index contributed by atoms with van der Waals surface area (Å²) in [4.78, 5) is 33.4. The molecule has 2 aromatic heterocycles. The molecule has 0 N–H and O–H groups in total. The van der Waals surface area contributed by atoms with Crippen molar-refractivity contribution in [1.82, 2.24) is 14.8 Å². The first-order valence-corrected chi connectivity index (χ1v) is 9.36. The SMILES string of the molecule is Cc1nc(CN2CC3(CCN(C(=O)c4ccoc4C)C3)CC2=O)cs1. The predicted molar refractivity (Wildman–Crippen MR) is 93.3 cm³/mol. The third kappa shape index (κ3) is 2.97. The van der Waals surface area contributed by atoms with Crippen LogP contribution >= 0.6 is 11.3 Å². The molecule has 2 aliphatic heterocycles. The van der Waals surface area contributed by atoms with Crippen LogP contribution in [0.4, 0.5) is 0 Å². The van der Waals surface area contributed by atoms with E-state index in [4.69, 9.17) is 4.42 Å². The summed E-state index contributed by atoms with van der Waals surface area (Å²) in [5.41, 5.74) is 1.46. The van der Waals surface area contributed by atoms with Crippen LogP contribution in [-0.4, -0.2) is 46.2 Å². The first kappa shape index (κ1) is 16.3. The van der Waals surface area contributed by atoms with Crippen molar-refractivity contribution >= 4 is 23.2 Å². The Kier molecular flexibility index (Phi) is 3.91. The first-order valence-electron chi connectivity index (χ1n) is 8.48. The van der Waals surface area contributed by atoms with Gasteiger partial charge in [-0.25, -0.2) is 4.98 Å². The minimum absolute atomic E-state index is 0.00384. The maximum Gasteiger partial charge on any atom is 0.257 e. The smallest absolute Gasteiger partial charge is 0.257 e. The zero-order valence-corrected chi connectivity index (χ0v) is 15.3. The fourth-order valence-corrected chi connectivity index (χ4v) is 4.56. The first-order chi connectivity index (χ1) is 12.0. The maximum absolute atomic E-state index is 12.7. The number of hydrogen-bond donors (Lipinski definition) is 0. The third-order valence-corrected chi connectivity index (χ3v) is 6.06. The lowest BCUT2D eigenvalue weighted by molar-refractivity contribution is -0.128. The molecule has 2 aliphatic rings. The molecule has 6 nitrogen and oxygen atoms in total. The van der Waals surface area contributed by atoms with Gasteiger partial charge in [0, 0.05) is 36.9 Å². The molecule has 2 fully saturated rings. The van der Waals surface area contributed by atoms with E-state index in [1.807, 2.05) is 22.1 Å². The Morgan fingerprint density at radius 1 is 1.40 bits per heavy atom. The van der Waals surface area contributed by atoms with Crippen LogP contribution in [0.25, 0.3) is 0 Å². The van der Waals surface area contributed by atoms with Crippen molar-refractivity contribution in [2.45, 2.75) is 33.2 Å². The molecule has 0 radical (unpaired) electrons. The molecule has 1 atom stereocenters. The molecule has 2 amide bonds. The molecular weight excluding hydrogens is 338 g/mol. The van der Waals surface area contributed by atoms with Crippen LogP contribution in [0.5, 0.6) is 0 Å². The fourth-order valence-electron chi connectivity index (χ4n) is 3.96. The van der Waals surface area contributed by atoms with Gasteiger partial charge in [-0.2, -0.15) is 0 Å². The summed E-state index contributed by atoms with van der Waals surface area (Å²) in [6, 6.07) is 1.72. The zero-order chi connectivity index (χ0) is 17.6. The van der Waals surface area contributed by atoms with Crippen LogP contribution in [0.15, 0.2) is 22.1 Å². The highest BCUT2D eigenvalue weighted by Gasteiger charge is 2.48. The van der Waals surface area contributed by atoms with E-state index < -0.39 is 0 Å². The van der Waals surface area contributed by atoms with E-state index in [1.165, 1.54) is 0 Å². The van der Waals surface area contributed by atoms with E-state index in [0.29, 0.717) is 43.9 Å². The molecule has 4 rings (SSSR count). The normalized spacial score (nSPS) is 23.2.